The average molecular weight is 299 g/mol. The summed E-state index contributed by atoms with van der Waals surface area (Å²) in [6.45, 7) is 1.00. The summed E-state index contributed by atoms with van der Waals surface area (Å²) >= 11 is 6.18. The number of benzene rings is 2. The predicted molar refractivity (Wildman–Crippen MR) is 85.4 cm³/mol. The quantitative estimate of drug-likeness (QED) is 0.794. The number of ether oxygens (including phenoxy) is 1. The van der Waals surface area contributed by atoms with E-state index in [-0.39, 0.29) is 0 Å². The lowest BCUT2D eigenvalue weighted by Gasteiger charge is -2.10. The lowest BCUT2D eigenvalue weighted by Crippen LogP contribution is -2.00. The van der Waals surface area contributed by atoms with E-state index < -0.39 is 0 Å². The minimum Gasteiger partial charge on any atom is -0.487 e. The Morgan fingerprint density at radius 1 is 1.05 bits per heavy atom. The van der Waals surface area contributed by atoms with Crippen molar-refractivity contribution in [3.8, 4) is 5.75 Å². The fourth-order valence-corrected chi connectivity index (χ4v) is 2.45. The zero-order valence-corrected chi connectivity index (χ0v) is 12.2. The number of rotatable bonds is 4. The Balaban J connectivity index is 1.87. The summed E-state index contributed by atoms with van der Waals surface area (Å²) in [7, 11) is 0. The van der Waals surface area contributed by atoms with Crippen LogP contribution in [0.5, 0.6) is 5.75 Å². The van der Waals surface area contributed by atoms with Gasteiger partial charge in [-0.05, 0) is 35.4 Å². The zero-order valence-electron chi connectivity index (χ0n) is 11.4. The Hall–Kier alpha value is -2.10. The summed E-state index contributed by atoms with van der Waals surface area (Å²) in [5.74, 6) is 0.730. The first-order chi connectivity index (χ1) is 10.3. The van der Waals surface area contributed by atoms with Gasteiger partial charge in [-0.15, -0.1) is 0 Å². The molecule has 0 saturated heterocycles. The van der Waals surface area contributed by atoms with Crippen molar-refractivity contribution in [2.45, 2.75) is 13.2 Å². The molecule has 0 aliphatic rings. The van der Waals surface area contributed by atoms with E-state index >= 15 is 0 Å². The van der Waals surface area contributed by atoms with Crippen LogP contribution in [0.25, 0.3) is 10.9 Å². The Bertz CT molecular complexity index is 774. The van der Waals surface area contributed by atoms with E-state index in [1.165, 1.54) is 0 Å². The molecular formula is C17H15ClN2O. The lowest BCUT2D eigenvalue weighted by molar-refractivity contribution is 0.309. The zero-order chi connectivity index (χ0) is 14.7. The molecule has 0 spiro atoms. The number of aromatic nitrogens is 1. The second-order valence-corrected chi connectivity index (χ2v) is 5.17. The molecule has 106 valence electrons. The lowest BCUT2D eigenvalue weighted by atomic mass is 10.1. The molecule has 0 unspecified atom stereocenters. The van der Waals surface area contributed by atoms with Gasteiger partial charge in [0.15, 0.2) is 0 Å². The van der Waals surface area contributed by atoms with Crippen LogP contribution in [0.15, 0.2) is 54.7 Å². The molecular weight excluding hydrogens is 284 g/mol. The predicted octanol–water partition coefficient (Wildman–Crippen LogP) is 3.93. The van der Waals surface area contributed by atoms with E-state index in [0.717, 1.165) is 27.8 Å². The first kappa shape index (κ1) is 13.9. The molecule has 3 aromatic rings. The van der Waals surface area contributed by atoms with Crippen LogP contribution in [0, 0.1) is 0 Å². The highest BCUT2D eigenvalue weighted by atomic mass is 35.5. The van der Waals surface area contributed by atoms with Crippen molar-refractivity contribution >= 4 is 22.5 Å². The number of hydrogen-bond acceptors (Lipinski definition) is 3. The van der Waals surface area contributed by atoms with Gasteiger partial charge in [-0.1, -0.05) is 35.9 Å². The first-order valence-electron chi connectivity index (χ1n) is 6.72. The molecule has 0 fully saturated rings. The Labute approximate surface area is 128 Å². The molecule has 4 heteroatoms. The second kappa shape index (κ2) is 6.12. The number of nitrogens with zero attached hydrogens (tertiary/aromatic N) is 1. The van der Waals surface area contributed by atoms with Crippen LogP contribution in [0.3, 0.4) is 0 Å². The van der Waals surface area contributed by atoms with Gasteiger partial charge in [-0.3, -0.25) is 4.98 Å². The number of pyridine rings is 1. The summed E-state index contributed by atoms with van der Waals surface area (Å²) in [6, 6.07) is 15.5. The largest absolute Gasteiger partial charge is 0.487 e. The van der Waals surface area contributed by atoms with Crippen LogP contribution < -0.4 is 10.5 Å². The van der Waals surface area contributed by atoms with Gasteiger partial charge in [0, 0.05) is 18.1 Å². The van der Waals surface area contributed by atoms with E-state index in [1.807, 2.05) is 48.5 Å². The highest BCUT2D eigenvalue weighted by Gasteiger charge is 2.07. The third-order valence-electron chi connectivity index (χ3n) is 3.30. The molecule has 1 aromatic heterocycles. The molecule has 21 heavy (non-hydrogen) atoms. The van der Waals surface area contributed by atoms with Crippen molar-refractivity contribution in [2.75, 3.05) is 0 Å². The van der Waals surface area contributed by atoms with Crippen molar-refractivity contribution in [1.29, 1.82) is 0 Å². The maximum absolute atomic E-state index is 6.18. The Kier molecular flexibility index (Phi) is 4.04. The highest BCUT2D eigenvalue weighted by Crippen LogP contribution is 2.30. The number of nitrogens with two attached hydrogens (primary N) is 1. The number of hydrogen-bond donors (Lipinski definition) is 1. The SMILES string of the molecule is NCc1cccc(COc2ccc(Cl)c3cccnc23)c1. The molecule has 0 atom stereocenters. The Morgan fingerprint density at radius 2 is 1.90 bits per heavy atom. The summed E-state index contributed by atoms with van der Waals surface area (Å²) in [4.78, 5) is 4.36. The topological polar surface area (TPSA) is 48.1 Å². The van der Waals surface area contributed by atoms with Gasteiger partial charge in [-0.2, -0.15) is 0 Å². The third kappa shape index (κ3) is 2.99. The normalized spacial score (nSPS) is 10.8. The van der Waals surface area contributed by atoms with E-state index in [1.54, 1.807) is 6.20 Å². The molecule has 0 amide bonds. The van der Waals surface area contributed by atoms with E-state index in [9.17, 15) is 0 Å². The molecule has 2 N–H and O–H groups in total. The van der Waals surface area contributed by atoms with Crippen LogP contribution >= 0.6 is 11.6 Å². The average Bonchev–Trinajstić information content (AvgIpc) is 2.55. The van der Waals surface area contributed by atoms with Crippen molar-refractivity contribution < 1.29 is 4.74 Å². The van der Waals surface area contributed by atoms with Crippen molar-refractivity contribution in [2.24, 2.45) is 5.73 Å². The summed E-state index contributed by atoms with van der Waals surface area (Å²) in [5, 5.41) is 1.57. The van der Waals surface area contributed by atoms with Gasteiger partial charge >= 0.3 is 0 Å². The molecule has 3 rings (SSSR count). The third-order valence-corrected chi connectivity index (χ3v) is 3.63. The fourth-order valence-electron chi connectivity index (χ4n) is 2.24. The van der Waals surface area contributed by atoms with E-state index in [0.29, 0.717) is 18.2 Å². The highest BCUT2D eigenvalue weighted by molar-refractivity contribution is 6.35. The van der Waals surface area contributed by atoms with Crippen molar-refractivity contribution in [1.82, 2.24) is 4.98 Å². The van der Waals surface area contributed by atoms with E-state index in [2.05, 4.69) is 4.98 Å². The monoisotopic (exact) mass is 298 g/mol. The van der Waals surface area contributed by atoms with Crippen LogP contribution in [0.1, 0.15) is 11.1 Å². The second-order valence-electron chi connectivity index (χ2n) is 4.76. The smallest absolute Gasteiger partial charge is 0.146 e. The molecule has 0 radical (unpaired) electrons. The molecule has 0 aliphatic carbocycles. The maximum Gasteiger partial charge on any atom is 0.146 e. The number of fused-ring (bicyclic) bond motifs is 1. The van der Waals surface area contributed by atoms with Gasteiger partial charge < -0.3 is 10.5 Å². The van der Waals surface area contributed by atoms with Gasteiger partial charge in [0.1, 0.15) is 17.9 Å². The van der Waals surface area contributed by atoms with Crippen LogP contribution in [0.4, 0.5) is 0 Å². The minimum atomic E-state index is 0.473. The van der Waals surface area contributed by atoms with Gasteiger partial charge in [0.25, 0.3) is 0 Å². The first-order valence-corrected chi connectivity index (χ1v) is 7.09. The van der Waals surface area contributed by atoms with Gasteiger partial charge in [0.05, 0.1) is 5.02 Å². The van der Waals surface area contributed by atoms with Crippen LogP contribution in [-0.2, 0) is 13.2 Å². The minimum absolute atomic E-state index is 0.473. The van der Waals surface area contributed by atoms with Crippen molar-refractivity contribution in [3.05, 3.63) is 70.9 Å². The standard InChI is InChI=1S/C17H15ClN2O/c18-15-6-7-16(17-14(15)5-2-8-20-17)21-11-13-4-1-3-12(9-13)10-19/h1-9H,10-11,19H2. The van der Waals surface area contributed by atoms with Gasteiger partial charge in [-0.25, -0.2) is 0 Å². The summed E-state index contributed by atoms with van der Waals surface area (Å²) in [6.07, 6.45) is 1.74. The fraction of sp³-hybridized carbons (Fsp3) is 0.118. The molecule has 0 aliphatic heterocycles. The number of halogens is 1. The maximum atomic E-state index is 6.18. The van der Waals surface area contributed by atoms with Crippen molar-refractivity contribution in [3.63, 3.8) is 0 Å². The summed E-state index contributed by atoms with van der Waals surface area (Å²) < 4.78 is 5.90. The summed E-state index contributed by atoms with van der Waals surface area (Å²) in [5.41, 5.74) is 8.60. The molecule has 2 aromatic carbocycles. The van der Waals surface area contributed by atoms with E-state index in [4.69, 9.17) is 22.1 Å². The van der Waals surface area contributed by atoms with Gasteiger partial charge in [0.2, 0.25) is 0 Å². The Morgan fingerprint density at radius 3 is 2.76 bits per heavy atom. The van der Waals surface area contributed by atoms with Crippen LogP contribution in [-0.4, -0.2) is 4.98 Å². The molecule has 1 heterocycles. The molecule has 3 nitrogen and oxygen atoms in total. The molecule has 0 bridgehead atoms. The van der Waals surface area contributed by atoms with Crippen LogP contribution in [0.2, 0.25) is 5.02 Å². The molecule has 0 saturated carbocycles.